The highest BCUT2D eigenvalue weighted by molar-refractivity contribution is 6.01. The molecular weight excluding hydrogens is 224 g/mol. The van der Waals surface area contributed by atoms with Crippen LogP contribution in [0.5, 0.6) is 0 Å². The molecule has 0 spiro atoms. The van der Waals surface area contributed by atoms with E-state index in [1.165, 1.54) is 6.07 Å². The van der Waals surface area contributed by atoms with E-state index in [2.05, 4.69) is 0 Å². The van der Waals surface area contributed by atoms with E-state index in [0.29, 0.717) is 0 Å². The first kappa shape index (κ1) is 13.8. The summed E-state index contributed by atoms with van der Waals surface area (Å²) in [6.45, 7) is 6.48. The molecule has 0 saturated heterocycles. The SMILES string of the molecule is CC(C)(N)C(C)(C)C(=O)c1c(F)cccc1F. The van der Waals surface area contributed by atoms with Gasteiger partial charge in [0.25, 0.3) is 0 Å². The third-order valence-electron chi connectivity index (χ3n) is 3.37. The summed E-state index contributed by atoms with van der Waals surface area (Å²) in [6.07, 6.45) is 0. The van der Waals surface area contributed by atoms with Gasteiger partial charge in [-0.15, -0.1) is 0 Å². The lowest BCUT2D eigenvalue weighted by Gasteiger charge is -2.37. The second-order valence-corrected chi connectivity index (χ2v) is 5.27. The van der Waals surface area contributed by atoms with Crippen molar-refractivity contribution in [3.63, 3.8) is 0 Å². The molecule has 2 nitrogen and oxygen atoms in total. The number of rotatable bonds is 3. The maximum atomic E-state index is 13.5. The molecule has 0 amide bonds. The predicted molar refractivity (Wildman–Crippen MR) is 62.7 cm³/mol. The molecule has 0 fully saturated rings. The van der Waals surface area contributed by atoms with E-state index in [1.807, 2.05) is 0 Å². The fraction of sp³-hybridized carbons (Fsp3) is 0.462. The number of carbonyl (C=O) groups is 1. The van der Waals surface area contributed by atoms with Crippen LogP contribution < -0.4 is 5.73 Å². The largest absolute Gasteiger partial charge is 0.325 e. The van der Waals surface area contributed by atoms with Gasteiger partial charge >= 0.3 is 0 Å². The lowest BCUT2D eigenvalue weighted by molar-refractivity contribution is 0.0725. The molecule has 17 heavy (non-hydrogen) atoms. The first-order valence-corrected chi connectivity index (χ1v) is 5.36. The van der Waals surface area contributed by atoms with Gasteiger partial charge in [-0.3, -0.25) is 4.79 Å². The molecule has 0 aromatic heterocycles. The van der Waals surface area contributed by atoms with Crippen molar-refractivity contribution in [1.29, 1.82) is 0 Å². The Morgan fingerprint density at radius 3 is 1.88 bits per heavy atom. The van der Waals surface area contributed by atoms with E-state index >= 15 is 0 Å². The second-order valence-electron chi connectivity index (χ2n) is 5.27. The van der Waals surface area contributed by atoms with E-state index in [1.54, 1.807) is 27.7 Å². The van der Waals surface area contributed by atoms with E-state index in [-0.39, 0.29) is 0 Å². The standard InChI is InChI=1S/C13H17F2NO/c1-12(2,13(3,4)16)11(17)10-8(14)6-5-7-9(10)15/h5-7H,16H2,1-4H3. The fourth-order valence-electron chi connectivity index (χ4n) is 1.32. The zero-order chi connectivity index (χ0) is 13.4. The maximum Gasteiger partial charge on any atom is 0.176 e. The van der Waals surface area contributed by atoms with Gasteiger partial charge in [0.1, 0.15) is 11.6 Å². The molecule has 1 rings (SSSR count). The van der Waals surface area contributed by atoms with Crippen molar-refractivity contribution < 1.29 is 13.6 Å². The molecule has 2 N–H and O–H groups in total. The molecule has 1 aromatic carbocycles. The van der Waals surface area contributed by atoms with Crippen molar-refractivity contribution in [3.05, 3.63) is 35.4 Å². The van der Waals surface area contributed by atoms with E-state index in [0.717, 1.165) is 12.1 Å². The minimum Gasteiger partial charge on any atom is -0.325 e. The van der Waals surface area contributed by atoms with E-state index in [4.69, 9.17) is 5.73 Å². The molecule has 4 heteroatoms. The molecule has 0 radical (unpaired) electrons. The van der Waals surface area contributed by atoms with Crippen LogP contribution in [0.1, 0.15) is 38.1 Å². The van der Waals surface area contributed by atoms with Crippen LogP contribution in [-0.4, -0.2) is 11.3 Å². The second kappa shape index (κ2) is 4.18. The first-order chi connectivity index (χ1) is 7.59. The number of carbonyl (C=O) groups excluding carboxylic acids is 1. The number of Topliss-reactive ketones (excluding diaryl/α,β-unsaturated/α-hetero) is 1. The monoisotopic (exact) mass is 241 g/mol. The van der Waals surface area contributed by atoms with E-state index < -0.39 is 33.9 Å². The van der Waals surface area contributed by atoms with Gasteiger partial charge in [0.2, 0.25) is 0 Å². The van der Waals surface area contributed by atoms with Crippen LogP contribution >= 0.6 is 0 Å². The summed E-state index contributed by atoms with van der Waals surface area (Å²) in [7, 11) is 0. The average Bonchev–Trinajstić information content (AvgIpc) is 2.15. The lowest BCUT2D eigenvalue weighted by atomic mass is 9.70. The van der Waals surface area contributed by atoms with Crippen molar-refractivity contribution in [2.45, 2.75) is 33.2 Å². The summed E-state index contributed by atoms with van der Waals surface area (Å²) >= 11 is 0. The summed E-state index contributed by atoms with van der Waals surface area (Å²) in [5, 5.41) is 0. The van der Waals surface area contributed by atoms with Crippen LogP contribution in [0.25, 0.3) is 0 Å². The van der Waals surface area contributed by atoms with Gasteiger partial charge in [-0.2, -0.15) is 0 Å². The van der Waals surface area contributed by atoms with Gasteiger partial charge in [0, 0.05) is 11.0 Å². The van der Waals surface area contributed by atoms with Crippen LogP contribution in [0.2, 0.25) is 0 Å². The van der Waals surface area contributed by atoms with Gasteiger partial charge in [-0.1, -0.05) is 19.9 Å². The molecule has 0 heterocycles. The molecule has 1 aromatic rings. The van der Waals surface area contributed by atoms with Crippen molar-refractivity contribution in [3.8, 4) is 0 Å². The van der Waals surface area contributed by atoms with Crippen LogP contribution in [0.15, 0.2) is 18.2 Å². The fourth-order valence-corrected chi connectivity index (χ4v) is 1.32. The minimum absolute atomic E-state index is 0.518. The number of hydrogen-bond donors (Lipinski definition) is 1. The molecule has 0 saturated carbocycles. The summed E-state index contributed by atoms with van der Waals surface area (Å²) < 4.78 is 27.0. The summed E-state index contributed by atoms with van der Waals surface area (Å²) in [6, 6.07) is 3.36. The molecule has 0 aliphatic heterocycles. The van der Waals surface area contributed by atoms with Gasteiger partial charge < -0.3 is 5.73 Å². The summed E-state index contributed by atoms with van der Waals surface area (Å²) in [4.78, 5) is 12.2. The highest BCUT2D eigenvalue weighted by Crippen LogP contribution is 2.33. The first-order valence-electron chi connectivity index (χ1n) is 5.36. The van der Waals surface area contributed by atoms with Crippen molar-refractivity contribution in [2.24, 2.45) is 11.1 Å². The smallest absolute Gasteiger partial charge is 0.176 e. The van der Waals surface area contributed by atoms with Crippen LogP contribution in [-0.2, 0) is 0 Å². The molecule has 0 aliphatic carbocycles. The van der Waals surface area contributed by atoms with Crippen molar-refractivity contribution in [1.82, 2.24) is 0 Å². The molecule has 0 atom stereocenters. The predicted octanol–water partition coefficient (Wildman–Crippen LogP) is 2.91. The van der Waals surface area contributed by atoms with Crippen molar-refractivity contribution in [2.75, 3.05) is 0 Å². The maximum absolute atomic E-state index is 13.5. The highest BCUT2D eigenvalue weighted by atomic mass is 19.1. The molecule has 94 valence electrons. The summed E-state index contributed by atoms with van der Waals surface area (Å²) in [5.41, 5.74) is 3.43. The molecule has 0 aliphatic rings. The minimum atomic E-state index is -1.06. The van der Waals surface area contributed by atoms with E-state index in [9.17, 15) is 13.6 Å². The zero-order valence-corrected chi connectivity index (χ0v) is 10.5. The Morgan fingerprint density at radius 2 is 1.53 bits per heavy atom. The molecule has 0 unspecified atom stereocenters. The number of benzene rings is 1. The normalized spacial score (nSPS) is 12.6. The topological polar surface area (TPSA) is 43.1 Å². The third-order valence-corrected chi connectivity index (χ3v) is 3.37. The zero-order valence-electron chi connectivity index (χ0n) is 10.5. The third kappa shape index (κ3) is 2.36. The average molecular weight is 241 g/mol. The number of halogens is 2. The van der Waals surface area contributed by atoms with Gasteiger partial charge in [-0.25, -0.2) is 8.78 Å². The Labute approximate surface area is 99.8 Å². The molecule has 0 bridgehead atoms. The Hall–Kier alpha value is -1.29. The lowest BCUT2D eigenvalue weighted by Crippen LogP contribution is -2.52. The van der Waals surface area contributed by atoms with Gasteiger partial charge in [0.15, 0.2) is 5.78 Å². The number of hydrogen-bond acceptors (Lipinski definition) is 2. The quantitative estimate of drug-likeness (QED) is 0.827. The van der Waals surface area contributed by atoms with Gasteiger partial charge in [-0.05, 0) is 26.0 Å². The number of ketones is 1. The summed E-state index contributed by atoms with van der Waals surface area (Å²) in [5.74, 6) is -2.33. The Balaban J connectivity index is 3.32. The van der Waals surface area contributed by atoms with Gasteiger partial charge in [0.05, 0.1) is 5.56 Å². The number of nitrogens with two attached hydrogens (primary N) is 1. The molecular formula is C13H17F2NO. The van der Waals surface area contributed by atoms with Crippen LogP contribution in [0, 0.1) is 17.0 Å². The Kier molecular flexibility index (Phi) is 3.39. The van der Waals surface area contributed by atoms with Crippen molar-refractivity contribution >= 4 is 5.78 Å². The Morgan fingerprint density at radius 1 is 1.12 bits per heavy atom. The Bertz CT molecular complexity index is 427. The van der Waals surface area contributed by atoms with Crippen LogP contribution in [0.4, 0.5) is 8.78 Å². The van der Waals surface area contributed by atoms with Crippen LogP contribution in [0.3, 0.4) is 0 Å². The highest BCUT2D eigenvalue weighted by Gasteiger charge is 2.42.